The third kappa shape index (κ3) is 7.60. The van der Waals surface area contributed by atoms with Crippen LogP contribution in [-0.2, 0) is 6.42 Å². The lowest BCUT2D eigenvalue weighted by atomic mass is 9.80. The van der Waals surface area contributed by atoms with Crippen molar-refractivity contribution in [3.8, 4) is 0 Å². The molecule has 0 amide bonds. The zero-order valence-corrected chi connectivity index (χ0v) is 19.7. The smallest absolute Gasteiger partial charge is 0.355 e. The second kappa shape index (κ2) is 12.6. The lowest BCUT2D eigenvalue weighted by Gasteiger charge is -2.30. The number of thiazole rings is 1. The van der Waals surface area contributed by atoms with Gasteiger partial charge in [-0.2, -0.15) is 0 Å². The quantitative estimate of drug-likeness (QED) is 0.195. The molecule has 0 aliphatic rings. The van der Waals surface area contributed by atoms with Crippen LogP contribution in [0.25, 0.3) is 10.4 Å². The van der Waals surface area contributed by atoms with Gasteiger partial charge in [-0.3, -0.25) is 0 Å². The van der Waals surface area contributed by atoms with E-state index in [-0.39, 0.29) is 23.6 Å². The van der Waals surface area contributed by atoms with Gasteiger partial charge in [-0.05, 0) is 54.5 Å². The van der Waals surface area contributed by atoms with E-state index in [1.165, 1.54) is 16.7 Å². The van der Waals surface area contributed by atoms with E-state index < -0.39 is 12.1 Å². The molecule has 0 spiro atoms. The highest BCUT2D eigenvalue weighted by atomic mass is 32.1. The van der Waals surface area contributed by atoms with Crippen molar-refractivity contribution in [3.63, 3.8) is 0 Å². The Kier molecular flexibility index (Phi) is 10.1. The van der Waals surface area contributed by atoms with E-state index in [0.29, 0.717) is 23.0 Å². The average molecular weight is 460 g/mol. The van der Waals surface area contributed by atoms with E-state index in [1.807, 2.05) is 24.3 Å². The van der Waals surface area contributed by atoms with Gasteiger partial charge in [0.1, 0.15) is 11.1 Å². The van der Waals surface area contributed by atoms with Crippen molar-refractivity contribution < 1.29 is 15.0 Å². The first-order chi connectivity index (χ1) is 15.2. The Morgan fingerprint density at radius 2 is 2.00 bits per heavy atom. The molecule has 9 heteroatoms. The van der Waals surface area contributed by atoms with Gasteiger partial charge in [0, 0.05) is 22.0 Å². The van der Waals surface area contributed by atoms with Crippen LogP contribution in [0.4, 0.5) is 5.69 Å². The number of carbonyl (C=O) groups is 1. The van der Waals surface area contributed by atoms with Crippen molar-refractivity contribution in [2.75, 3.05) is 0 Å². The molecule has 0 saturated carbocycles. The number of aromatic carboxylic acids is 1. The molecular weight excluding hydrogens is 426 g/mol. The molecule has 1 unspecified atom stereocenters. The molecule has 0 bridgehead atoms. The molecule has 2 aromatic rings. The summed E-state index contributed by atoms with van der Waals surface area (Å²) in [5.74, 6) is -0.307. The lowest BCUT2D eigenvalue weighted by molar-refractivity contribution is 0.0689. The lowest BCUT2D eigenvalue weighted by Crippen LogP contribution is -2.36. The monoisotopic (exact) mass is 459 g/mol. The number of aliphatic hydroxyl groups is 1. The Hall–Kier alpha value is -2.45. The molecule has 0 fully saturated rings. The summed E-state index contributed by atoms with van der Waals surface area (Å²) in [5, 5.41) is 25.3. The number of nitrogens with zero attached hydrogens (tertiary/aromatic N) is 4. The van der Waals surface area contributed by atoms with E-state index in [4.69, 9.17) is 16.4 Å². The van der Waals surface area contributed by atoms with Crippen LogP contribution in [0.5, 0.6) is 0 Å². The zero-order valence-electron chi connectivity index (χ0n) is 18.9. The van der Waals surface area contributed by atoms with Gasteiger partial charge in [0.2, 0.25) is 0 Å². The summed E-state index contributed by atoms with van der Waals surface area (Å²) in [5.41, 5.74) is 17.0. The van der Waals surface area contributed by atoms with E-state index >= 15 is 0 Å². The predicted octanol–water partition coefficient (Wildman–Crippen LogP) is 5.86. The highest BCUT2D eigenvalue weighted by Crippen LogP contribution is 2.32. The van der Waals surface area contributed by atoms with Crippen LogP contribution in [0.1, 0.15) is 73.6 Å². The summed E-state index contributed by atoms with van der Waals surface area (Å²) in [6, 6.07) is 7.56. The molecule has 0 aliphatic carbocycles. The van der Waals surface area contributed by atoms with E-state index in [1.54, 1.807) is 0 Å². The fraction of sp³-hybridized carbons (Fsp3) is 0.565. The Balaban J connectivity index is 1.89. The number of nitrogens with two attached hydrogens (primary N) is 1. The second-order valence-corrected chi connectivity index (χ2v) is 9.64. The summed E-state index contributed by atoms with van der Waals surface area (Å²) >= 11 is 1.17. The first-order valence-electron chi connectivity index (χ1n) is 11.0. The van der Waals surface area contributed by atoms with E-state index in [9.17, 15) is 9.90 Å². The van der Waals surface area contributed by atoms with Crippen LogP contribution in [0.2, 0.25) is 0 Å². The van der Waals surface area contributed by atoms with Gasteiger partial charge >= 0.3 is 5.97 Å². The van der Waals surface area contributed by atoms with Crippen molar-refractivity contribution in [1.29, 1.82) is 0 Å². The topological polar surface area (TPSA) is 145 Å². The molecule has 8 nitrogen and oxygen atoms in total. The van der Waals surface area contributed by atoms with Crippen LogP contribution in [-0.4, -0.2) is 27.2 Å². The Labute approximate surface area is 193 Å². The fourth-order valence-corrected chi connectivity index (χ4v) is 4.90. The van der Waals surface area contributed by atoms with Crippen molar-refractivity contribution in [2.24, 2.45) is 28.6 Å². The maximum absolute atomic E-state index is 11.0. The Bertz CT molecular complexity index is 926. The number of hydrogen-bond donors (Lipinski definition) is 3. The van der Waals surface area contributed by atoms with Gasteiger partial charge in [-0.25, -0.2) is 9.78 Å². The van der Waals surface area contributed by atoms with Gasteiger partial charge in [0.25, 0.3) is 0 Å². The van der Waals surface area contributed by atoms with Crippen LogP contribution in [0, 0.1) is 17.8 Å². The van der Waals surface area contributed by atoms with Gasteiger partial charge in [-0.1, -0.05) is 56.6 Å². The molecule has 174 valence electrons. The molecule has 2 rings (SSSR count). The standard InChI is InChI=1S/C23H33N5O3S/c1-14(2)17(12-21(29)22-26-20(13-32-22)23(30)31)18(24)11-15(3)7-6-9-16-8-4-5-10-19(16)27-28-25/h4-5,8,10,13-15,17-18,21,29H,6-7,9,11-12,24H2,1-3H3,(H,30,31)/t15-,17-,18?,21-/m1/s1. The summed E-state index contributed by atoms with van der Waals surface area (Å²) in [4.78, 5) is 18.0. The molecule has 1 aromatic carbocycles. The third-order valence-electron chi connectivity index (χ3n) is 5.89. The maximum Gasteiger partial charge on any atom is 0.355 e. The largest absolute Gasteiger partial charge is 0.476 e. The Morgan fingerprint density at radius 1 is 1.28 bits per heavy atom. The number of azide groups is 1. The van der Waals surface area contributed by atoms with Gasteiger partial charge < -0.3 is 15.9 Å². The third-order valence-corrected chi connectivity index (χ3v) is 6.84. The van der Waals surface area contributed by atoms with E-state index in [0.717, 1.165) is 31.2 Å². The summed E-state index contributed by atoms with van der Waals surface area (Å²) in [6.45, 7) is 6.38. The number of aliphatic hydroxyl groups excluding tert-OH is 1. The molecule has 4 N–H and O–H groups in total. The molecule has 32 heavy (non-hydrogen) atoms. The number of rotatable bonds is 13. The summed E-state index contributed by atoms with van der Waals surface area (Å²) in [6.07, 6.45) is 3.29. The number of benzene rings is 1. The number of carboxylic acid groups (broad SMARTS) is 1. The SMILES string of the molecule is CC(C)[C@@H](C[C@@H](O)c1nc(C(=O)O)cs1)C(N)C[C@H](C)CCCc1ccccc1N=[N+]=[N-]. The number of aryl methyl sites for hydroxylation is 1. The molecule has 1 aromatic heterocycles. The average Bonchev–Trinajstić information content (AvgIpc) is 3.24. The number of aromatic nitrogens is 1. The van der Waals surface area contributed by atoms with Crippen molar-refractivity contribution in [3.05, 3.63) is 56.4 Å². The highest BCUT2D eigenvalue weighted by molar-refractivity contribution is 7.09. The van der Waals surface area contributed by atoms with Crippen LogP contribution in [0.3, 0.4) is 0 Å². The van der Waals surface area contributed by atoms with Gasteiger partial charge in [0.15, 0.2) is 5.69 Å². The predicted molar refractivity (Wildman–Crippen MR) is 127 cm³/mol. The van der Waals surface area contributed by atoms with Crippen LogP contribution < -0.4 is 5.73 Å². The molecule has 4 atom stereocenters. The van der Waals surface area contributed by atoms with Crippen molar-refractivity contribution >= 4 is 23.0 Å². The molecular formula is C23H33N5O3S. The van der Waals surface area contributed by atoms with Crippen LogP contribution in [0.15, 0.2) is 34.8 Å². The van der Waals surface area contributed by atoms with Crippen molar-refractivity contribution in [1.82, 2.24) is 4.98 Å². The summed E-state index contributed by atoms with van der Waals surface area (Å²) in [7, 11) is 0. The van der Waals surface area contributed by atoms with Crippen LogP contribution >= 0.6 is 11.3 Å². The number of hydrogen-bond acceptors (Lipinski definition) is 6. The van der Waals surface area contributed by atoms with Gasteiger partial charge in [-0.15, -0.1) is 11.3 Å². The Morgan fingerprint density at radius 3 is 2.62 bits per heavy atom. The first-order valence-corrected chi connectivity index (χ1v) is 11.9. The minimum absolute atomic E-state index is 0.0369. The molecule has 0 radical (unpaired) electrons. The fourth-order valence-electron chi connectivity index (χ4n) is 4.11. The highest BCUT2D eigenvalue weighted by Gasteiger charge is 2.27. The van der Waals surface area contributed by atoms with E-state index in [2.05, 4.69) is 35.8 Å². The molecule has 0 saturated heterocycles. The summed E-state index contributed by atoms with van der Waals surface area (Å²) < 4.78 is 0. The number of carboxylic acids is 1. The minimum Gasteiger partial charge on any atom is -0.476 e. The van der Waals surface area contributed by atoms with Crippen molar-refractivity contribution in [2.45, 2.75) is 65.0 Å². The zero-order chi connectivity index (χ0) is 23.7. The maximum atomic E-state index is 11.0. The second-order valence-electron chi connectivity index (χ2n) is 8.75. The normalized spacial score (nSPS) is 15.1. The molecule has 0 aliphatic heterocycles. The minimum atomic E-state index is -1.09. The van der Waals surface area contributed by atoms with Gasteiger partial charge in [0.05, 0.1) is 0 Å². The first kappa shape index (κ1) is 25.8. The molecule has 1 heterocycles.